The first kappa shape index (κ1) is 23.4. The fourth-order valence-corrected chi connectivity index (χ4v) is 4.92. The number of imidazole rings is 1. The van der Waals surface area contributed by atoms with E-state index in [1.54, 1.807) is 0 Å². The summed E-state index contributed by atoms with van der Waals surface area (Å²) in [6, 6.07) is 22.2. The molecule has 1 unspecified atom stereocenters. The smallest absolute Gasteiger partial charge is 0.227 e. The molecule has 0 saturated carbocycles. The minimum atomic E-state index is 0.0561. The normalized spacial score (nSPS) is 15.8. The Kier molecular flexibility index (Phi) is 6.78. The van der Waals surface area contributed by atoms with Gasteiger partial charge in [-0.2, -0.15) is 0 Å². The molecule has 3 aromatic carbocycles. The predicted molar refractivity (Wildman–Crippen MR) is 142 cm³/mol. The summed E-state index contributed by atoms with van der Waals surface area (Å²) >= 11 is 6.12. The summed E-state index contributed by atoms with van der Waals surface area (Å²) < 4.78 is 8.24. The molecule has 0 radical (unpaired) electrons. The van der Waals surface area contributed by atoms with E-state index in [1.807, 2.05) is 48.2 Å². The number of halogens is 1. The van der Waals surface area contributed by atoms with Crippen molar-refractivity contribution < 1.29 is 9.53 Å². The zero-order valence-electron chi connectivity index (χ0n) is 20.2. The van der Waals surface area contributed by atoms with Crippen molar-refractivity contribution in [2.24, 2.45) is 0 Å². The van der Waals surface area contributed by atoms with Crippen LogP contribution in [0.2, 0.25) is 5.02 Å². The molecule has 1 atom stereocenters. The second kappa shape index (κ2) is 10.1. The summed E-state index contributed by atoms with van der Waals surface area (Å²) in [4.78, 5) is 19.8. The van der Waals surface area contributed by atoms with Gasteiger partial charge < -0.3 is 14.2 Å². The molecule has 0 aliphatic carbocycles. The van der Waals surface area contributed by atoms with Gasteiger partial charge in [-0.3, -0.25) is 4.79 Å². The minimum Gasteiger partial charge on any atom is -0.494 e. The van der Waals surface area contributed by atoms with Crippen molar-refractivity contribution in [3.05, 3.63) is 88.7 Å². The summed E-state index contributed by atoms with van der Waals surface area (Å²) in [7, 11) is 0. The number of carbonyl (C=O) groups is 1. The van der Waals surface area contributed by atoms with Gasteiger partial charge in [-0.25, -0.2) is 4.98 Å². The van der Waals surface area contributed by atoms with Crippen LogP contribution in [0.5, 0.6) is 5.75 Å². The van der Waals surface area contributed by atoms with Crippen LogP contribution in [0.1, 0.15) is 42.6 Å². The van der Waals surface area contributed by atoms with E-state index in [0.717, 1.165) is 58.3 Å². The number of para-hydroxylation sites is 2. The second-order valence-electron chi connectivity index (χ2n) is 9.15. The van der Waals surface area contributed by atoms with E-state index in [1.165, 1.54) is 5.56 Å². The Morgan fingerprint density at radius 3 is 2.66 bits per heavy atom. The number of hydrogen-bond acceptors (Lipinski definition) is 3. The number of rotatable bonds is 8. The molecule has 4 aromatic rings. The van der Waals surface area contributed by atoms with Crippen LogP contribution in [0, 0.1) is 6.92 Å². The first-order valence-corrected chi connectivity index (χ1v) is 12.6. The number of aromatic nitrogens is 2. The van der Waals surface area contributed by atoms with Crippen LogP contribution in [0.15, 0.2) is 66.7 Å². The van der Waals surface area contributed by atoms with Crippen molar-refractivity contribution in [1.82, 2.24) is 9.55 Å². The summed E-state index contributed by atoms with van der Waals surface area (Å²) in [5.74, 6) is 2.02. The Morgan fingerprint density at radius 1 is 1.09 bits per heavy atom. The number of amides is 1. The summed E-state index contributed by atoms with van der Waals surface area (Å²) in [6.07, 6.45) is 2.29. The SMILES string of the molecule is CCc1ccc(N2CC(c3nc4ccccc4n3CCCOc3ccc(Cl)c(C)c3)CC2=O)cc1. The maximum absolute atomic E-state index is 13.0. The summed E-state index contributed by atoms with van der Waals surface area (Å²) in [5.41, 5.74) is 5.31. The Hall–Kier alpha value is -3.31. The lowest BCUT2D eigenvalue weighted by atomic mass is 10.1. The molecule has 0 N–H and O–H groups in total. The van der Waals surface area contributed by atoms with Crippen molar-refractivity contribution >= 4 is 34.2 Å². The van der Waals surface area contributed by atoms with Gasteiger partial charge in [0.1, 0.15) is 11.6 Å². The van der Waals surface area contributed by atoms with Crippen molar-refractivity contribution in [2.75, 3.05) is 18.1 Å². The molecule has 1 fully saturated rings. The molecule has 0 bridgehead atoms. The van der Waals surface area contributed by atoms with Crippen molar-refractivity contribution in [1.29, 1.82) is 0 Å². The van der Waals surface area contributed by atoms with E-state index in [2.05, 4.69) is 41.8 Å². The first-order valence-electron chi connectivity index (χ1n) is 12.3. The number of aryl methyl sites for hydroxylation is 3. The third kappa shape index (κ3) is 4.92. The van der Waals surface area contributed by atoms with Gasteiger partial charge in [0, 0.05) is 36.1 Å². The van der Waals surface area contributed by atoms with Crippen molar-refractivity contribution in [3.8, 4) is 5.75 Å². The zero-order chi connectivity index (χ0) is 24.4. The number of benzene rings is 3. The molecule has 180 valence electrons. The van der Waals surface area contributed by atoms with E-state index in [-0.39, 0.29) is 11.8 Å². The first-order chi connectivity index (χ1) is 17.0. The Labute approximate surface area is 211 Å². The van der Waals surface area contributed by atoms with E-state index in [0.29, 0.717) is 19.6 Å². The van der Waals surface area contributed by atoms with Gasteiger partial charge in [0.15, 0.2) is 0 Å². The number of hydrogen-bond donors (Lipinski definition) is 0. The van der Waals surface area contributed by atoms with Crippen LogP contribution >= 0.6 is 11.6 Å². The highest BCUT2D eigenvalue weighted by Crippen LogP contribution is 2.33. The molecular formula is C29H30ClN3O2. The van der Waals surface area contributed by atoms with E-state index in [4.69, 9.17) is 21.3 Å². The highest BCUT2D eigenvalue weighted by molar-refractivity contribution is 6.31. The van der Waals surface area contributed by atoms with Crippen molar-refractivity contribution in [2.45, 2.75) is 45.6 Å². The molecule has 2 heterocycles. The molecule has 0 spiro atoms. The molecule has 6 heteroatoms. The quantitative estimate of drug-likeness (QED) is 0.265. The van der Waals surface area contributed by atoms with Crippen LogP contribution < -0.4 is 9.64 Å². The lowest BCUT2D eigenvalue weighted by molar-refractivity contribution is -0.117. The average Bonchev–Trinajstić information content (AvgIpc) is 3.44. The fourth-order valence-electron chi connectivity index (χ4n) is 4.80. The minimum absolute atomic E-state index is 0.0561. The molecular weight excluding hydrogens is 458 g/mol. The molecule has 1 aromatic heterocycles. The Balaban J connectivity index is 1.32. The number of fused-ring (bicyclic) bond motifs is 1. The van der Waals surface area contributed by atoms with E-state index >= 15 is 0 Å². The molecule has 1 saturated heterocycles. The summed E-state index contributed by atoms with van der Waals surface area (Å²) in [6.45, 7) is 6.13. The lowest BCUT2D eigenvalue weighted by Gasteiger charge is -2.18. The fraction of sp³-hybridized carbons (Fsp3) is 0.310. The monoisotopic (exact) mass is 487 g/mol. The number of anilines is 1. The molecule has 1 aliphatic rings. The van der Waals surface area contributed by atoms with Gasteiger partial charge in [-0.1, -0.05) is 42.8 Å². The Morgan fingerprint density at radius 2 is 1.89 bits per heavy atom. The van der Waals surface area contributed by atoms with Gasteiger partial charge in [0.25, 0.3) is 0 Å². The Bertz CT molecular complexity index is 1350. The number of nitrogens with zero attached hydrogens (tertiary/aromatic N) is 3. The van der Waals surface area contributed by atoms with Crippen LogP contribution in [0.4, 0.5) is 5.69 Å². The van der Waals surface area contributed by atoms with Crippen LogP contribution in [-0.4, -0.2) is 28.6 Å². The molecule has 5 nitrogen and oxygen atoms in total. The maximum atomic E-state index is 13.0. The van der Waals surface area contributed by atoms with Crippen LogP contribution in [0.3, 0.4) is 0 Å². The number of ether oxygens (including phenoxy) is 1. The largest absolute Gasteiger partial charge is 0.494 e. The zero-order valence-corrected chi connectivity index (χ0v) is 21.0. The highest BCUT2D eigenvalue weighted by Gasteiger charge is 2.34. The predicted octanol–water partition coefficient (Wildman–Crippen LogP) is 6.55. The maximum Gasteiger partial charge on any atom is 0.227 e. The van der Waals surface area contributed by atoms with Gasteiger partial charge in [0.05, 0.1) is 17.6 Å². The second-order valence-corrected chi connectivity index (χ2v) is 9.56. The standard InChI is InChI=1S/C29H30ClN3O2/c1-3-21-9-11-23(12-10-21)33-19-22(18-28(33)34)29-31-26-7-4-5-8-27(26)32(29)15-6-16-35-24-13-14-25(30)20(2)17-24/h4-5,7-14,17,22H,3,6,15-16,18-19H2,1-2H3. The lowest BCUT2D eigenvalue weighted by Crippen LogP contribution is -2.24. The van der Waals surface area contributed by atoms with Gasteiger partial charge in [0.2, 0.25) is 5.91 Å². The van der Waals surface area contributed by atoms with Gasteiger partial charge in [-0.15, -0.1) is 0 Å². The molecule has 5 rings (SSSR count). The van der Waals surface area contributed by atoms with E-state index in [9.17, 15) is 4.79 Å². The average molecular weight is 488 g/mol. The number of carbonyl (C=O) groups excluding carboxylic acids is 1. The molecule has 1 aliphatic heterocycles. The van der Waals surface area contributed by atoms with Crippen molar-refractivity contribution in [3.63, 3.8) is 0 Å². The van der Waals surface area contributed by atoms with Gasteiger partial charge >= 0.3 is 0 Å². The van der Waals surface area contributed by atoms with Crippen LogP contribution in [0.25, 0.3) is 11.0 Å². The topological polar surface area (TPSA) is 47.4 Å². The molecule has 1 amide bonds. The third-order valence-electron chi connectivity index (χ3n) is 6.75. The van der Waals surface area contributed by atoms with Gasteiger partial charge in [-0.05, 0) is 73.4 Å². The van der Waals surface area contributed by atoms with Crippen LogP contribution in [-0.2, 0) is 17.8 Å². The summed E-state index contributed by atoms with van der Waals surface area (Å²) in [5, 5.41) is 0.744. The highest BCUT2D eigenvalue weighted by atomic mass is 35.5. The van der Waals surface area contributed by atoms with E-state index < -0.39 is 0 Å². The third-order valence-corrected chi connectivity index (χ3v) is 7.18. The molecule has 35 heavy (non-hydrogen) atoms.